The van der Waals surface area contributed by atoms with Crippen LogP contribution in [-0.2, 0) is 0 Å². The lowest BCUT2D eigenvalue weighted by atomic mass is 10.1. The van der Waals surface area contributed by atoms with Gasteiger partial charge in [0.1, 0.15) is 28.5 Å². The van der Waals surface area contributed by atoms with E-state index in [9.17, 15) is 9.18 Å². The lowest BCUT2D eigenvalue weighted by Crippen LogP contribution is -2.48. The quantitative estimate of drug-likeness (QED) is 0.367. The van der Waals surface area contributed by atoms with E-state index in [0.717, 1.165) is 51.0 Å². The summed E-state index contributed by atoms with van der Waals surface area (Å²) in [5, 5.41) is 0.946. The summed E-state index contributed by atoms with van der Waals surface area (Å²) in [4.78, 5) is 32.9. The molecular weight excluding hydrogens is 515 g/mol. The number of carbonyl (C=O) groups is 1. The van der Waals surface area contributed by atoms with Gasteiger partial charge in [-0.25, -0.2) is 14.4 Å². The number of anilines is 3. The van der Waals surface area contributed by atoms with Crippen LogP contribution in [0.15, 0.2) is 54.9 Å². The first-order chi connectivity index (χ1) is 19.0. The first-order valence-electron chi connectivity index (χ1n) is 13.2. The molecule has 0 spiro atoms. The first kappa shape index (κ1) is 25.4. The maximum Gasteiger partial charge on any atom is 0.264 e. The number of hydrogen-bond donors (Lipinski definition) is 0. The van der Waals surface area contributed by atoms with Crippen molar-refractivity contribution >= 4 is 44.7 Å². The average molecular weight is 547 g/mol. The molecule has 0 atom stereocenters. The molecular formula is C29H31FN6O2S. The van der Waals surface area contributed by atoms with Crippen molar-refractivity contribution in [1.29, 1.82) is 0 Å². The van der Waals surface area contributed by atoms with E-state index in [1.165, 1.54) is 17.4 Å². The number of methoxy groups -OCH3 is 1. The van der Waals surface area contributed by atoms with E-state index in [1.54, 1.807) is 19.5 Å². The third-order valence-corrected chi connectivity index (χ3v) is 8.87. The summed E-state index contributed by atoms with van der Waals surface area (Å²) in [5.41, 5.74) is 2.71. The number of thiophene rings is 1. The van der Waals surface area contributed by atoms with E-state index in [2.05, 4.69) is 36.8 Å². The Labute approximate surface area is 231 Å². The standard InChI is InChI=1S/C29H31FN6O2S/c1-20-25-27(35-15-13-34(14-16-35)24-6-4-3-5-23(24)30)31-19-32-28(25)39-26(20)29(37)36-17-11-33(12-18-36)21-7-9-22(38-2)10-8-21/h3-10,19H,11-18H2,1-2H3. The second-order valence-electron chi connectivity index (χ2n) is 9.84. The van der Waals surface area contributed by atoms with Crippen LogP contribution < -0.4 is 19.4 Å². The van der Waals surface area contributed by atoms with Crippen LogP contribution in [0.5, 0.6) is 5.75 Å². The number of hydrogen-bond acceptors (Lipinski definition) is 8. The van der Waals surface area contributed by atoms with E-state index in [0.29, 0.717) is 45.0 Å². The summed E-state index contributed by atoms with van der Waals surface area (Å²) in [5.74, 6) is 1.55. The van der Waals surface area contributed by atoms with Gasteiger partial charge in [-0.1, -0.05) is 12.1 Å². The average Bonchev–Trinajstić information content (AvgIpc) is 3.34. The van der Waals surface area contributed by atoms with Crippen molar-refractivity contribution in [2.24, 2.45) is 0 Å². The van der Waals surface area contributed by atoms with Gasteiger partial charge in [-0.05, 0) is 48.9 Å². The van der Waals surface area contributed by atoms with Crippen LogP contribution in [0.3, 0.4) is 0 Å². The Balaban J connectivity index is 1.16. The molecule has 2 aliphatic heterocycles. The summed E-state index contributed by atoms with van der Waals surface area (Å²) in [6, 6.07) is 15.0. The normalized spacial score (nSPS) is 16.2. The zero-order valence-electron chi connectivity index (χ0n) is 22.1. The van der Waals surface area contributed by atoms with Crippen molar-refractivity contribution in [3.63, 3.8) is 0 Å². The number of benzene rings is 2. The molecule has 4 aromatic rings. The topological polar surface area (TPSA) is 65.0 Å². The van der Waals surface area contributed by atoms with Gasteiger partial charge < -0.3 is 24.3 Å². The Hall–Kier alpha value is -3.92. The minimum absolute atomic E-state index is 0.0557. The minimum atomic E-state index is -0.197. The fourth-order valence-corrected chi connectivity index (χ4v) is 6.58. The highest BCUT2D eigenvalue weighted by Gasteiger charge is 2.29. The van der Waals surface area contributed by atoms with E-state index in [4.69, 9.17) is 4.74 Å². The van der Waals surface area contributed by atoms with Crippen LogP contribution in [0.4, 0.5) is 21.6 Å². The molecule has 2 aliphatic rings. The predicted octanol–water partition coefficient (Wildman–Crippen LogP) is 4.44. The highest BCUT2D eigenvalue weighted by Crippen LogP contribution is 2.36. The molecule has 2 aromatic heterocycles. The number of aromatic nitrogens is 2. The van der Waals surface area contributed by atoms with E-state index in [1.807, 2.05) is 36.1 Å². The minimum Gasteiger partial charge on any atom is -0.497 e. The summed E-state index contributed by atoms with van der Waals surface area (Å²) in [6.45, 7) is 7.70. The van der Waals surface area contributed by atoms with Crippen LogP contribution in [0.1, 0.15) is 15.2 Å². The van der Waals surface area contributed by atoms with E-state index >= 15 is 0 Å². The Morgan fingerprint density at radius 3 is 2.23 bits per heavy atom. The van der Waals surface area contributed by atoms with Gasteiger partial charge in [-0.15, -0.1) is 11.3 Å². The smallest absolute Gasteiger partial charge is 0.264 e. The molecule has 6 rings (SSSR count). The van der Waals surface area contributed by atoms with Gasteiger partial charge >= 0.3 is 0 Å². The number of nitrogens with zero attached hydrogens (tertiary/aromatic N) is 6. The molecule has 0 aliphatic carbocycles. The number of para-hydroxylation sites is 1. The third kappa shape index (κ3) is 4.85. The monoisotopic (exact) mass is 546 g/mol. The maximum absolute atomic E-state index is 14.3. The number of amides is 1. The zero-order chi connectivity index (χ0) is 26.9. The molecule has 1 amide bonds. The Morgan fingerprint density at radius 2 is 1.54 bits per heavy atom. The molecule has 39 heavy (non-hydrogen) atoms. The molecule has 0 N–H and O–H groups in total. The molecule has 202 valence electrons. The van der Waals surface area contributed by atoms with E-state index in [-0.39, 0.29) is 11.7 Å². The molecule has 0 unspecified atom stereocenters. The second-order valence-corrected chi connectivity index (χ2v) is 10.8. The van der Waals surface area contributed by atoms with Crippen LogP contribution >= 0.6 is 11.3 Å². The van der Waals surface area contributed by atoms with Crippen LogP contribution in [0, 0.1) is 12.7 Å². The van der Waals surface area contributed by atoms with Gasteiger partial charge in [0.2, 0.25) is 0 Å². The molecule has 4 heterocycles. The van der Waals surface area contributed by atoms with Gasteiger partial charge in [-0.3, -0.25) is 4.79 Å². The van der Waals surface area contributed by atoms with Gasteiger partial charge in [-0.2, -0.15) is 0 Å². The number of rotatable bonds is 5. The summed E-state index contributed by atoms with van der Waals surface area (Å²) < 4.78 is 19.6. The van der Waals surface area contributed by atoms with Crippen molar-refractivity contribution in [1.82, 2.24) is 14.9 Å². The van der Waals surface area contributed by atoms with Crippen LogP contribution in [0.2, 0.25) is 0 Å². The number of fused-ring (bicyclic) bond motifs is 1. The third-order valence-electron chi connectivity index (χ3n) is 7.68. The lowest BCUT2D eigenvalue weighted by molar-refractivity contribution is 0.0751. The van der Waals surface area contributed by atoms with Crippen molar-refractivity contribution in [3.8, 4) is 5.75 Å². The molecule has 2 fully saturated rings. The molecule has 2 aromatic carbocycles. The van der Waals surface area contributed by atoms with Crippen molar-refractivity contribution in [2.45, 2.75) is 6.92 Å². The molecule has 0 saturated carbocycles. The first-order valence-corrected chi connectivity index (χ1v) is 14.0. The summed E-state index contributed by atoms with van der Waals surface area (Å²) in [6.07, 6.45) is 1.58. The van der Waals surface area contributed by atoms with Crippen LogP contribution in [-0.4, -0.2) is 80.2 Å². The lowest BCUT2D eigenvalue weighted by Gasteiger charge is -2.37. The van der Waals surface area contributed by atoms with E-state index < -0.39 is 0 Å². The van der Waals surface area contributed by atoms with Crippen molar-refractivity contribution in [3.05, 3.63) is 71.1 Å². The van der Waals surface area contributed by atoms with Gasteiger partial charge in [0.05, 0.1) is 23.1 Å². The maximum atomic E-state index is 14.3. The molecule has 0 radical (unpaired) electrons. The summed E-state index contributed by atoms with van der Waals surface area (Å²) in [7, 11) is 1.66. The number of carbonyl (C=O) groups excluding carboxylic acids is 1. The van der Waals surface area contributed by atoms with Gasteiger partial charge in [0.15, 0.2) is 0 Å². The molecule has 2 saturated heterocycles. The Bertz CT molecular complexity index is 1480. The SMILES string of the molecule is COc1ccc(N2CCN(C(=O)c3sc4ncnc(N5CCN(c6ccccc6F)CC5)c4c3C)CC2)cc1. The number of aryl methyl sites for hydroxylation is 1. The fraction of sp³-hybridized carbons (Fsp3) is 0.345. The van der Waals surface area contributed by atoms with Gasteiger partial charge in [0, 0.05) is 58.0 Å². The highest BCUT2D eigenvalue weighted by atomic mass is 32.1. The largest absolute Gasteiger partial charge is 0.497 e. The molecule has 8 nitrogen and oxygen atoms in total. The fourth-order valence-electron chi connectivity index (χ4n) is 5.47. The zero-order valence-corrected chi connectivity index (χ0v) is 23.0. The number of piperazine rings is 2. The van der Waals surface area contributed by atoms with Crippen molar-refractivity contribution in [2.75, 3.05) is 74.2 Å². The number of halogens is 1. The van der Waals surface area contributed by atoms with Gasteiger partial charge in [0.25, 0.3) is 5.91 Å². The Kier molecular flexibility index (Phi) is 6.95. The highest BCUT2D eigenvalue weighted by molar-refractivity contribution is 7.20. The summed E-state index contributed by atoms with van der Waals surface area (Å²) >= 11 is 1.45. The number of ether oxygens (including phenoxy) is 1. The molecule has 0 bridgehead atoms. The molecule has 10 heteroatoms. The van der Waals surface area contributed by atoms with Crippen molar-refractivity contribution < 1.29 is 13.9 Å². The predicted molar refractivity (Wildman–Crippen MR) is 154 cm³/mol. The Morgan fingerprint density at radius 1 is 0.872 bits per heavy atom. The second kappa shape index (κ2) is 10.7. The van der Waals surface area contributed by atoms with Crippen LogP contribution in [0.25, 0.3) is 10.2 Å².